The number of rotatable bonds is 6. The number of urea groups is 1. The average Bonchev–Trinajstić information content (AvgIpc) is 3.32. The zero-order valence-corrected chi connectivity index (χ0v) is 24.3. The van der Waals surface area contributed by atoms with Crippen LogP contribution in [-0.2, 0) is 26.4 Å². The van der Waals surface area contributed by atoms with E-state index in [0.717, 1.165) is 28.3 Å². The summed E-state index contributed by atoms with van der Waals surface area (Å²) >= 11 is 1.61. The molecule has 3 N–H and O–H groups in total. The summed E-state index contributed by atoms with van der Waals surface area (Å²) in [4.78, 5) is 60.9. The Balaban J connectivity index is 1.07. The van der Waals surface area contributed by atoms with E-state index in [4.69, 9.17) is 9.72 Å². The molecule has 1 unspecified atom stereocenters. The number of ether oxygens (including phenoxy) is 1. The molecule has 3 aromatic rings. The van der Waals surface area contributed by atoms with Gasteiger partial charge in [0.25, 0.3) is 5.91 Å². The molecule has 0 spiro atoms. The van der Waals surface area contributed by atoms with E-state index < -0.39 is 23.5 Å². The zero-order valence-electron chi connectivity index (χ0n) is 23.5. The van der Waals surface area contributed by atoms with Gasteiger partial charge in [0.15, 0.2) is 0 Å². The second kappa shape index (κ2) is 10.1. The number of carbonyl (C=O) groups is 4. The number of amides is 5. The van der Waals surface area contributed by atoms with Crippen LogP contribution >= 0.6 is 11.3 Å². The maximum Gasteiger partial charge on any atom is 0.321 e. The Hall–Kier alpha value is -3.90. The minimum absolute atomic E-state index is 0.131. The molecule has 5 heterocycles. The third-order valence-electron chi connectivity index (χ3n) is 8.54. The molecular weight excluding hydrogens is 556 g/mol. The molecule has 12 heteroatoms. The lowest BCUT2D eigenvalue weighted by Crippen LogP contribution is -2.52. The fraction of sp³-hybridized carbons (Fsp3) is 0.467. The van der Waals surface area contributed by atoms with Gasteiger partial charge >= 0.3 is 6.03 Å². The minimum Gasteiger partial charge on any atom is -0.381 e. The molecule has 0 radical (unpaired) electrons. The third-order valence-corrected chi connectivity index (χ3v) is 9.87. The van der Waals surface area contributed by atoms with Crippen molar-refractivity contribution in [3.05, 3.63) is 51.7 Å². The Bertz CT molecular complexity index is 1640. The quantitative estimate of drug-likeness (QED) is 0.371. The molecule has 2 saturated heterocycles. The van der Waals surface area contributed by atoms with Crippen LogP contribution in [0.3, 0.4) is 0 Å². The molecule has 3 aliphatic heterocycles. The lowest BCUT2D eigenvalue weighted by molar-refractivity contribution is -0.136. The smallest absolute Gasteiger partial charge is 0.321 e. The number of fused-ring (bicyclic) bond motifs is 2. The lowest BCUT2D eigenvalue weighted by Gasteiger charge is -2.29. The van der Waals surface area contributed by atoms with Crippen LogP contribution in [0, 0.1) is 0 Å². The number of pyridine rings is 1. The zero-order chi connectivity index (χ0) is 29.2. The maximum absolute atomic E-state index is 13.1. The highest BCUT2D eigenvalue weighted by Gasteiger charge is 2.40. The van der Waals surface area contributed by atoms with E-state index in [1.54, 1.807) is 23.5 Å². The second-order valence-corrected chi connectivity index (χ2v) is 13.1. The molecule has 2 atom stereocenters. The van der Waals surface area contributed by atoms with Crippen LogP contribution in [0.25, 0.3) is 10.2 Å². The van der Waals surface area contributed by atoms with Crippen LogP contribution in [-0.4, -0.2) is 57.9 Å². The van der Waals surface area contributed by atoms with Crippen molar-refractivity contribution in [2.45, 2.75) is 75.9 Å². The first-order valence-corrected chi connectivity index (χ1v) is 15.2. The number of aromatic nitrogens is 2. The molecule has 4 aliphatic rings. The summed E-state index contributed by atoms with van der Waals surface area (Å²) in [7, 11) is 0. The molecule has 218 valence electrons. The number of imide groups is 1. The number of carbonyl (C=O) groups excluding carboxylic acids is 4. The molecule has 5 amide bonds. The summed E-state index contributed by atoms with van der Waals surface area (Å²) in [6, 6.07) is 6.60. The fourth-order valence-electron chi connectivity index (χ4n) is 6.08. The van der Waals surface area contributed by atoms with Gasteiger partial charge in [0.1, 0.15) is 16.9 Å². The number of piperidine rings is 1. The predicted molar refractivity (Wildman–Crippen MR) is 155 cm³/mol. The molecule has 7 rings (SSSR count). The van der Waals surface area contributed by atoms with Crippen LogP contribution in [0.4, 0.5) is 10.6 Å². The maximum atomic E-state index is 13.1. The molecule has 0 bridgehead atoms. The van der Waals surface area contributed by atoms with Gasteiger partial charge in [-0.1, -0.05) is 6.07 Å². The Morgan fingerprint density at radius 2 is 1.93 bits per heavy atom. The number of benzene rings is 1. The van der Waals surface area contributed by atoms with E-state index >= 15 is 0 Å². The van der Waals surface area contributed by atoms with Crippen LogP contribution in [0.15, 0.2) is 24.3 Å². The van der Waals surface area contributed by atoms with Crippen molar-refractivity contribution in [3.8, 4) is 0 Å². The highest BCUT2D eigenvalue weighted by molar-refractivity contribution is 7.18. The summed E-state index contributed by atoms with van der Waals surface area (Å²) in [5.41, 5.74) is 3.72. The molecule has 1 aliphatic carbocycles. The van der Waals surface area contributed by atoms with Crippen molar-refractivity contribution < 1.29 is 23.9 Å². The van der Waals surface area contributed by atoms with Gasteiger partial charge in [0.05, 0.1) is 40.2 Å². The summed E-state index contributed by atoms with van der Waals surface area (Å²) in [5.74, 6) is 0.134. The minimum atomic E-state index is -0.758. The summed E-state index contributed by atoms with van der Waals surface area (Å²) in [6.45, 7) is 5.47. The van der Waals surface area contributed by atoms with Gasteiger partial charge in [0.2, 0.25) is 11.8 Å². The summed E-state index contributed by atoms with van der Waals surface area (Å²) in [6.07, 6.45) is 3.90. The van der Waals surface area contributed by atoms with E-state index in [1.807, 2.05) is 13.8 Å². The van der Waals surface area contributed by atoms with Gasteiger partial charge in [-0.3, -0.25) is 25.0 Å². The van der Waals surface area contributed by atoms with E-state index in [-0.39, 0.29) is 31.2 Å². The number of nitrogens with zero attached hydrogens (tertiary/aromatic N) is 3. The predicted octanol–water partition coefficient (Wildman–Crippen LogP) is 3.89. The molecule has 11 nitrogen and oxygen atoms in total. The Morgan fingerprint density at radius 1 is 1.10 bits per heavy atom. The molecular formula is C30H32N6O5S. The molecule has 42 heavy (non-hydrogen) atoms. The second-order valence-electron chi connectivity index (χ2n) is 12.1. The molecule has 1 aromatic carbocycles. The van der Waals surface area contributed by atoms with E-state index in [2.05, 4.69) is 33.1 Å². The first kappa shape index (κ1) is 27.0. The SMILES string of the molecule is CC(C)(NC(=O)Nc1ccc2c(n1)CN(C1CCC(=O)NC1=O)C2=O)c1nc2c([C@H]3CCOC3)cc(C3CC3)cc2s1. The topological polar surface area (TPSA) is 143 Å². The largest absolute Gasteiger partial charge is 0.381 e. The Labute approximate surface area is 246 Å². The van der Waals surface area contributed by atoms with Crippen molar-refractivity contribution in [2.75, 3.05) is 18.5 Å². The Morgan fingerprint density at radius 3 is 2.67 bits per heavy atom. The standard InChI is InChI=1S/C30H32N6O5S/c1-30(2,28-34-25-19(16-9-10-41-14-16)11-17(15-3-4-15)12-22(25)42-28)35-29(40)32-23-7-5-18-20(31-23)13-36(27(18)39)21-6-8-24(37)33-26(21)38/h5,7,11-12,15-16,21H,3-4,6,8-10,13-14H2,1-2H3,(H,33,37,38)(H2,31,32,35,40)/t16-,21?/m0/s1. The van der Waals surface area contributed by atoms with Gasteiger partial charge in [0, 0.05) is 18.9 Å². The number of hydrogen-bond acceptors (Lipinski definition) is 8. The highest BCUT2D eigenvalue weighted by atomic mass is 32.1. The first-order chi connectivity index (χ1) is 20.2. The van der Waals surface area contributed by atoms with Gasteiger partial charge in [-0.15, -0.1) is 11.3 Å². The van der Waals surface area contributed by atoms with Gasteiger partial charge < -0.3 is 15.0 Å². The molecule has 2 aromatic heterocycles. The number of nitrogens with one attached hydrogen (secondary N) is 3. The first-order valence-electron chi connectivity index (χ1n) is 14.4. The van der Waals surface area contributed by atoms with Crippen molar-refractivity contribution in [1.82, 2.24) is 25.5 Å². The van der Waals surface area contributed by atoms with Gasteiger partial charge in [-0.25, -0.2) is 14.8 Å². The van der Waals surface area contributed by atoms with Gasteiger partial charge in [-0.05, 0) is 74.8 Å². The number of hydrogen-bond donors (Lipinski definition) is 3. The highest BCUT2D eigenvalue weighted by Crippen LogP contribution is 2.45. The van der Waals surface area contributed by atoms with Crippen molar-refractivity contribution >= 4 is 51.1 Å². The average molecular weight is 589 g/mol. The molecule has 3 fully saturated rings. The van der Waals surface area contributed by atoms with E-state index in [9.17, 15) is 19.2 Å². The normalized spacial score (nSPS) is 22.4. The van der Waals surface area contributed by atoms with Crippen molar-refractivity contribution in [1.29, 1.82) is 0 Å². The van der Waals surface area contributed by atoms with Crippen LogP contribution in [0.2, 0.25) is 0 Å². The van der Waals surface area contributed by atoms with Crippen LogP contribution in [0.1, 0.15) is 90.0 Å². The number of anilines is 1. The summed E-state index contributed by atoms with van der Waals surface area (Å²) in [5, 5.41) is 8.94. The molecule has 1 saturated carbocycles. The summed E-state index contributed by atoms with van der Waals surface area (Å²) < 4.78 is 6.83. The van der Waals surface area contributed by atoms with Gasteiger partial charge in [-0.2, -0.15) is 0 Å². The number of thiazole rings is 1. The van der Waals surface area contributed by atoms with E-state index in [1.165, 1.54) is 28.9 Å². The van der Waals surface area contributed by atoms with Crippen molar-refractivity contribution in [2.24, 2.45) is 0 Å². The third kappa shape index (κ3) is 4.92. The van der Waals surface area contributed by atoms with Crippen LogP contribution < -0.4 is 16.0 Å². The fourth-order valence-corrected chi connectivity index (χ4v) is 7.19. The Kier molecular flexibility index (Phi) is 6.50. The van der Waals surface area contributed by atoms with Crippen LogP contribution in [0.5, 0.6) is 0 Å². The van der Waals surface area contributed by atoms with Crippen molar-refractivity contribution in [3.63, 3.8) is 0 Å². The van der Waals surface area contributed by atoms with E-state index in [0.29, 0.717) is 35.5 Å². The monoisotopic (exact) mass is 588 g/mol. The lowest BCUT2D eigenvalue weighted by atomic mass is 9.94.